The van der Waals surface area contributed by atoms with Crippen LogP contribution in [-0.2, 0) is 35.8 Å². The predicted molar refractivity (Wildman–Crippen MR) is 179 cm³/mol. The van der Waals surface area contributed by atoms with Crippen LogP contribution in [0.25, 0.3) is 11.0 Å². The lowest BCUT2D eigenvalue weighted by Gasteiger charge is -2.28. The highest BCUT2D eigenvalue weighted by atomic mass is 16.5. The summed E-state index contributed by atoms with van der Waals surface area (Å²) < 4.78 is 14.2. The Labute approximate surface area is 271 Å². The Hall–Kier alpha value is -4.56. The molecule has 2 aromatic heterocycles. The molecule has 5 aromatic rings. The molecular formula is C38H43N5O3. The first-order valence-electron chi connectivity index (χ1n) is 16.3. The first-order chi connectivity index (χ1) is 22.4. The van der Waals surface area contributed by atoms with Crippen LogP contribution in [0.15, 0.2) is 79.1 Å². The van der Waals surface area contributed by atoms with E-state index in [1.165, 1.54) is 11.1 Å². The van der Waals surface area contributed by atoms with E-state index in [0.29, 0.717) is 0 Å². The Kier molecular flexibility index (Phi) is 9.45. The van der Waals surface area contributed by atoms with Gasteiger partial charge in [0.05, 0.1) is 11.4 Å². The number of carbonyl (C=O) groups is 1. The molecule has 238 valence electrons. The molecule has 0 radical (unpaired) electrons. The Morgan fingerprint density at radius 2 is 1.89 bits per heavy atom. The fourth-order valence-corrected chi connectivity index (χ4v) is 6.57. The van der Waals surface area contributed by atoms with Crippen molar-refractivity contribution in [3.8, 4) is 5.75 Å². The number of carbonyl (C=O) groups excluding carboxylic acids is 1. The molecule has 6 rings (SSSR count). The molecule has 3 atom stereocenters. The van der Waals surface area contributed by atoms with Gasteiger partial charge < -0.3 is 9.47 Å². The Balaban J connectivity index is 1.36. The standard InChI is InChI=1S/C38H43N5O3/c1-6-32-23-42(22-31-20-39-18-17-35(31)46-32)21-30-19-29(14-13-25(30)3)36(27(5)38(44)45-24-28-11-9-8-10-12-28)33-15-16-34-37(26(33)4)40-41-43(34)7-2/h8-20,27,32,36H,6-7,21-24H2,1-5H3/t27-,32+,36+/m0/s1. The number of aryl methyl sites for hydroxylation is 3. The van der Waals surface area contributed by atoms with Gasteiger partial charge in [0.15, 0.2) is 0 Å². The van der Waals surface area contributed by atoms with Gasteiger partial charge in [-0.2, -0.15) is 0 Å². The molecule has 1 aliphatic rings. The van der Waals surface area contributed by atoms with Crippen molar-refractivity contribution in [3.63, 3.8) is 0 Å². The van der Waals surface area contributed by atoms with Gasteiger partial charge in [-0.3, -0.25) is 14.7 Å². The Morgan fingerprint density at radius 1 is 1.07 bits per heavy atom. The van der Waals surface area contributed by atoms with Gasteiger partial charge in [0.1, 0.15) is 24.0 Å². The maximum atomic E-state index is 13.7. The number of esters is 1. The van der Waals surface area contributed by atoms with Gasteiger partial charge in [-0.15, -0.1) is 5.10 Å². The highest BCUT2D eigenvalue weighted by molar-refractivity contribution is 5.81. The zero-order valence-corrected chi connectivity index (χ0v) is 27.4. The molecule has 3 heterocycles. The zero-order chi connectivity index (χ0) is 32.2. The third-order valence-corrected chi connectivity index (χ3v) is 9.30. The average Bonchev–Trinajstić information content (AvgIpc) is 3.42. The second-order valence-corrected chi connectivity index (χ2v) is 12.4. The molecule has 0 saturated heterocycles. The summed E-state index contributed by atoms with van der Waals surface area (Å²) >= 11 is 0. The van der Waals surface area contributed by atoms with Crippen LogP contribution in [0.4, 0.5) is 0 Å². The number of nitrogens with zero attached hydrogens (tertiary/aromatic N) is 5. The number of pyridine rings is 1. The predicted octanol–water partition coefficient (Wildman–Crippen LogP) is 7.15. The first kappa shape index (κ1) is 31.4. The van der Waals surface area contributed by atoms with Gasteiger partial charge in [0.25, 0.3) is 0 Å². The molecule has 0 unspecified atom stereocenters. The SMILES string of the molecule is CC[C@@H]1CN(Cc2cc([C@H](c3ccc4c(nnn4CC)c3C)[C@H](C)C(=O)OCc3ccccc3)ccc2C)Cc2cnccc2O1. The molecule has 0 spiro atoms. The number of aromatic nitrogens is 4. The Morgan fingerprint density at radius 3 is 2.67 bits per heavy atom. The van der Waals surface area contributed by atoms with Gasteiger partial charge in [0.2, 0.25) is 0 Å². The van der Waals surface area contributed by atoms with Crippen LogP contribution in [0.1, 0.15) is 72.1 Å². The normalized spacial score (nSPS) is 16.3. The number of rotatable bonds is 10. The molecule has 8 nitrogen and oxygen atoms in total. The van der Waals surface area contributed by atoms with Crippen LogP contribution in [0.2, 0.25) is 0 Å². The van der Waals surface area contributed by atoms with E-state index < -0.39 is 5.92 Å². The molecule has 0 N–H and O–H groups in total. The molecule has 0 saturated carbocycles. The van der Waals surface area contributed by atoms with Crippen LogP contribution in [0.5, 0.6) is 5.75 Å². The average molecular weight is 618 g/mol. The quantitative estimate of drug-likeness (QED) is 0.154. The van der Waals surface area contributed by atoms with Crippen molar-refractivity contribution in [2.24, 2.45) is 5.92 Å². The van der Waals surface area contributed by atoms with Gasteiger partial charge in [-0.1, -0.05) is 73.7 Å². The number of ether oxygens (including phenoxy) is 2. The van der Waals surface area contributed by atoms with E-state index in [9.17, 15) is 4.79 Å². The summed E-state index contributed by atoms with van der Waals surface area (Å²) in [5.41, 5.74) is 9.54. The van der Waals surface area contributed by atoms with Crippen molar-refractivity contribution >= 4 is 17.0 Å². The third-order valence-electron chi connectivity index (χ3n) is 9.30. The summed E-state index contributed by atoms with van der Waals surface area (Å²) in [4.78, 5) is 20.6. The van der Waals surface area contributed by atoms with Crippen LogP contribution in [0.3, 0.4) is 0 Å². The van der Waals surface area contributed by atoms with Crippen molar-refractivity contribution in [1.29, 1.82) is 0 Å². The summed E-state index contributed by atoms with van der Waals surface area (Å²) in [5, 5.41) is 8.90. The topological polar surface area (TPSA) is 82.4 Å². The lowest BCUT2D eigenvalue weighted by atomic mass is 9.78. The third kappa shape index (κ3) is 6.53. The summed E-state index contributed by atoms with van der Waals surface area (Å²) in [6.45, 7) is 13.8. The Bertz CT molecular complexity index is 1820. The van der Waals surface area contributed by atoms with Gasteiger partial charge >= 0.3 is 5.97 Å². The highest BCUT2D eigenvalue weighted by Gasteiger charge is 2.31. The second kappa shape index (κ2) is 13.8. The number of benzene rings is 3. The maximum absolute atomic E-state index is 13.7. The first-order valence-corrected chi connectivity index (χ1v) is 16.3. The summed E-state index contributed by atoms with van der Waals surface area (Å²) in [7, 11) is 0. The highest BCUT2D eigenvalue weighted by Crippen LogP contribution is 2.38. The smallest absolute Gasteiger partial charge is 0.309 e. The van der Waals surface area contributed by atoms with E-state index in [4.69, 9.17) is 9.47 Å². The summed E-state index contributed by atoms with van der Waals surface area (Å²) in [6.07, 6.45) is 4.73. The van der Waals surface area contributed by atoms with Gasteiger partial charge in [-0.05, 0) is 72.7 Å². The van der Waals surface area contributed by atoms with Crippen molar-refractivity contribution in [3.05, 3.63) is 118 Å². The van der Waals surface area contributed by atoms with Crippen LogP contribution in [-0.4, -0.2) is 43.5 Å². The fraction of sp³-hybridized carbons (Fsp3) is 0.368. The molecule has 1 aliphatic heterocycles. The monoisotopic (exact) mass is 617 g/mol. The minimum atomic E-state index is -0.439. The van der Waals surface area contributed by atoms with E-state index in [0.717, 1.165) is 77.2 Å². The summed E-state index contributed by atoms with van der Waals surface area (Å²) in [6, 6.07) is 22.6. The number of hydrogen-bond donors (Lipinski definition) is 0. The van der Waals surface area contributed by atoms with Crippen LogP contribution < -0.4 is 4.74 Å². The largest absolute Gasteiger partial charge is 0.489 e. The molecule has 46 heavy (non-hydrogen) atoms. The van der Waals surface area contributed by atoms with Crippen molar-refractivity contribution < 1.29 is 14.3 Å². The second-order valence-electron chi connectivity index (χ2n) is 12.4. The van der Waals surface area contributed by atoms with E-state index in [2.05, 4.69) is 78.2 Å². The molecular weight excluding hydrogens is 574 g/mol. The van der Waals surface area contributed by atoms with Crippen LogP contribution in [0, 0.1) is 19.8 Å². The zero-order valence-electron chi connectivity index (χ0n) is 27.4. The van der Waals surface area contributed by atoms with E-state index in [-0.39, 0.29) is 24.6 Å². The summed E-state index contributed by atoms with van der Waals surface area (Å²) in [5.74, 6) is 0.0149. The molecule has 0 aliphatic carbocycles. The van der Waals surface area contributed by atoms with Crippen molar-refractivity contribution in [1.82, 2.24) is 24.9 Å². The van der Waals surface area contributed by atoms with Crippen molar-refractivity contribution in [2.45, 2.75) is 79.3 Å². The van der Waals surface area contributed by atoms with Gasteiger partial charge in [0, 0.05) is 50.1 Å². The molecule has 0 amide bonds. The minimum Gasteiger partial charge on any atom is -0.489 e. The van der Waals surface area contributed by atoms with Crippen molar-refractivity contribution in [2.75, 3.05) is 6.54 Å². The lowest BCUT2D eigenvalue weighted by Crippen LogP contribution is -2.32. The fourth-order valence-electron chi connectivity index (χ4n) is 6.57. The molecule has 8 heteroatoms. The van der Waals surface area contributed by atoms with Crippen LogP contribution >= 0.6 is 0 Å². The maximum Gasteiger partial charge on any atom is 0.309 e. The molecule has 0 bridgehead atoms. The molecule has 3 aromatic carbocycles. The van der Waals surface area contributed by atoms with E-state index in [1.807, 2.05) is 54.2 Å². The van der Waals surface area contributed by atoms with Gasteiger partial charge in [-0.25, -0.2) is 4.68 Å². The minimum absolute atomic E-state index is 0.102. The number of fused-ring (bicyclic) bond motifs is 2. The van der Waals surface area contributed by atoms with E-state index >= 15 is 0 Å². The number of hydrogen-bond acceptors (Lipinski definition) is 7. The van der Waals surface area contributed by atoms with E-state index in [1.54, 1.807) is 6.20 Å². The lowest BCUT2D eigenvalue weighted by molar-refractivity contribution is -0.149. The molecule has 0 fully saturated rings.